The third-order valence-electron chi connectivity index (χ3n) is 4.53. The summed E-state index contributed by atoms with van der Waals surface area (Å²) >= 11 is 5.88. The van der Waals surface area contributed by atoms with Crippen molar-refractivity contribution in [2.45, 2.75) is 12.2 Å². The number of nitrogens with one attached hydrogen (secondary N) is 2. The first kappa shape index (κ1) is 19.0. The van der Waals surface area contributed by atoms with Gasteiger partial charge in [-0.3, -0.25) is 19.5 Å². The molecule has 0 spiro atoms. The minimum absolute atomic E-state index is 0.0272. The van der Waals surface area contributed by atoms with Crippen LogP contribution in [0.5, 0.6) is 0 Å². The molecule has 0 amide bonds. The quantitative estimate of drug-likeness (QED) is 0.487. The van der Waals surface area contributed by atoms with Crippen molar-refractivity contribution in [2.24, 2.45) is 0 Å². The highest BCUT2D eigenvalue weighted by atomic mass is 35.5. The van der Waals surface area contributed by atoms with Crippen molar-refractivity contribution < 1.29 is 13.2 Å². The minimum Gasteiger partial charge on any atom is -0.350 e. The van der Waals surface area contributed by atoms with E-state index in [2.05, 4.69) is 4.98 Å². The normalized spacial score (nSPS) is 13.1. The summed E-state index contributed by atoms with van der Waals surface area (Å²) in [5.74, 6) is 0. The molecule has 0 aliphatic heterocycles. The average molecular weight is 422 g/mol. The summed E-state index contributed by atoms with van der Waals surface area (Å²) in [5, 5.41) is 1.60. The third-order valence-corrected chi connectivity index (χ3v) is 4.76. The van der Waals surface area contributed by atoms with E-state index in [0.29, 0.717) is 0 Å². The summed E-state index contributed by atoms with van der Waals surface area (Å²) in [6.07, 6.45) is -4.90. The predicted molar refractivity (Wildman–Crippen MR) is 103 cm³/mol. The minimum atomic E-state index is -4.90. The predicted octanol–water partition coefficient (Wildman–Crippen LogP) is 3.34. The molecule has 2 heterocycles. The lowest BCUT2D eigenvalue weighted by Crippen LogP contribution is -2.41. The second-order valence-electron chi connectivity index (χ2n) is 6.36. The number of hydrogen-bond acceptors (Lipinski definition) is 3. The third kappa shape index (κ3) is 3.13. The van der Waals surface area contributed by atoms with Gasteiger partial charge in [0.15, 0.2) is 6.04 Å². The molecule has 6 nitrogen and oxygen atoms in total. The fourth-order valence-corrected chi connectivity index (χ4v) is 3.45. The number of rotatable bonds is 2. The maximum absolute atomic E-state index is 13.8. The zero-order valence-electron chi connectivity index (χ0n) is 14.4. The number of benzene rings is 2. The average Bonchev–Trinajstić information content (AvgIpc) is 2.65. The van der Waals surface area contributed by atoms with Gasteiger partial charge in [0.05, 0.1) is 5.52 Å². The Labute approximate surface area is 164 Å². The molecule has 0 fully saturated rings. The highest BCUT2D eigenvalue weighted by Gasteiger charge is 2.43. The Hall–Kier alpha value is -3.33. The number of alkyl halides is 3. The Kier molecular flexibility index (Phi) is 4.34. The number of halogens is 4. The van der Waals surface area contributed by atoms with Crippen LogP contribution in [0, 0.1) is 0 Å². The van der Waals surface area contributed by atoms with Crippen LogP contribution in [0.3, 0.4) is 0 Å². The van der Waals surface area contributed by atoms with Crippen molar-refractivity contribution in [1.82, 2.24) is 14.8 Å². The zero-order chi connectivity index (χ0) is 20.9. The fraction of sp³-hybridized carbons (Fsp3) is 0.105. The SMILES string of the molecule is O=c1[nH]n(C(c2ccccc2)C(F)(F)F)c(=O)c2c(=O)c3ccc(Cl)cc3[nH]c12. The second-order valence-corrected chi connectivity index (χ2v) is 6.80. The largest absolute Gasteiger partial charge is 0.415 e. The van der Waals surface area contributed by atoms with Crippen LogP contribution in [0.25, 0.3) is 21.8 Å². The van der Waals surface area contributed by atoms with Gasteiger partial charge in [0.2, 0.25) is 5.43 Å². The molecular weight excluding hydrogens is 411 g/mol. The van der Waals surface area contributed by atoms with Crippen molar-refractivity contribution in [3.05, 3.63) is 90.0 Å². The topological polar surface area (TPSA) is 87.7 Å². The molecule has 2 aromatic heterocycles. The van der Waals surface area contributed by atoms with E-state index in [0.717, 1.165) is 0 Å². The van der Waals surface area contributed by atoms with Crippen LogP contribution in [0.15, 0.2) is 62.9 Å². The number of pyridine rings is 1. The van der Waals surface area contributed by atoms with Crippen molar-refractivity contribution in [3.63, 3.8) is 0 Å². The molecule has 10 heteroatoms. The van der Waals surface area contributed by atoms with E-state index in [1.165, 1.54) is 48.5 Å². The number of aromatic amines is 2. The van der Waals surface area contributed by atoms with E-state index < -0.39 is 39.7 Å². The van der Waals surface area contributed by atoms with Crippen LogP contribution in [-0.4, -0.2) is 20.9 Å². The Morgan fingerprint density at radius 2 is 1.69 bits per heavy atom. The van der Waals surface area contributed by atoms with Gasteiger partial charge in [-0.25, -0.2) is 4.68 Å². The van der Waals surface area contributed by atoms with E-state index in [-0.39, 0.29) is 26.2 Å². The van der Waals surface area contributed by atoms with Gasteiger partial charge in [-0.2, -0.15) is 13.2 Å². The van der Waals surface area contributed by atoms with Crippen LogP contribution >= 0.6 is 11.6 Å². The van der Waals surface area contributed by atoms with Crippen LogP contribution in [0.1, 0.15) is 11.6 Å². The van der Waals surface area contributed by atoms with Crippen molar-refractivity contribution in [3.8, 4) is 0 Å². The van der Waals surface area contributed by atoms with E-state index in [1.54, 1.807) is 0 Å². The molecule has 1 atom stereocenters. The number of aromatic nitrogens is 3. The van der Waals surface area contributed by atoms with Gasteiger partial charge < -0.3 is 4.98 Å². The Balaban J connectivity index is 2.13. The summed E-state index contributed by atoms with van der Waals surface area (Å²) in [7, 11) is 0. The summed E-state index contributed by atoms with van der Waals surface area (Å²) in [6.45, 7) is 0. The van der Waals surface area contributed by atoms with Gasteiger partial charge in [0.25, 0.3) is 11.1 Å². The van der Waals surface area contributed by atoms with Crippen LogP contribution in [0.2, 0.25) is 5.02 Å². The fourth-order valence-electron chi connectivity index (χ4n) is 3.28. The van der Waals surface area contributed by atoms with Gasteiger partial charge in [-0.1, -0.05) is 41.9 Å². The molecule has 0 aliphatic rings. The van der Waals surface area contributed by atoms with Gasteiger partial charge in [-0.15, -0.1) is 0 Å². The van der Waals surface area contributed by atoms with Crippen molar-refractivity contribution in [2.75, 3.05) is 0 Å². The summed E-state index contributed by atoms with van der Waals surface area (Å²) in [6, 6.07) is 8.28. The van der Waals surface area contributed by atoms with Crippen molar-refractivity contribution >= 4 is 33.4 Å². The van der Waals surface area contributed by atoms with E-state index in [1.807, 2.05) is 5.10 Å². The lowest BCUT2D eigenvalue weighted by molar-refractivity contribution is -0.160. The molecule has 4 rings (SSSR count). The number of H-pyrrole nitrogens is 2. The molecule has 2 aromatic carbocycles. The highest BCUT2D eigenvalue weighted by molar-refractivity contribution is 6.31. The van der Waals surface area contributed by atoms with E-state index >= 15 is 0 Å². The van der Waals surface area contributed by atoms with E-state index in [4.69, 9.17) is 11.6 Å². The standard InChI is InChI=1S/C19H11ClF3N3O3/c20-10-6-7-11-12(8-10)24-14-13(15(11)27)18(29)26(25-17(14)28)16(19(21,22)23)9-4-2-1-3-5-9/h1-8,16H,(H,24,27)(H,25,28). The number of hydrogen-bond donors (Lipinski definition) is 2. The summed E-state index contributed by atoms with van der Waals surface area (Å²) in [4.78, 5) is 40.9. The van der Waals surface area contributed by atoms with Gasteiger partial charge in [0.1, 0.15) is 10.9 Å². The molecule has 0 saturated carbocycles. The number of nitrogens with zero attached hydrogens (tertiary/aromatic N) is 1. The first-order valence-corrected chi connectivity index (χ1v) is 8.68. The summed E-state index contributed by atoms with van der Waals surface area (Å²) < 4.78 is 41.6. The monoisotopic (exact) mass is 421 g/mol. The first-order valence-electron chi connectivity index (χ1n) is 8.30. The Morgan fingerprint density at radius 3 is 2.34 bits per heavy atom. The lowest BCUT2D eigenvalue weighted by Gasteiger charge is -2.22. The maximum atomic E-state index is 13.8. The molecule has 1 unspecified atom stereocenters. The smallest absolute Gasteiger partial charge is 0.350 e. The van der Waals surface area contributed by atoms with Gasteiger partial charge >= 0.3 is 6.18 Å². The molecule has 4 aromatic rings. The lowest BCUT2D eigenvalue weighted by atomic mass is 10.1. The Morgan fingerprint density at radius 1 is 1.00 bits per heavy atom. The molecule has 0 saturated heterocycles. The number of fused-ring (bicyclic) bond motifs is 2. The molecule has 2 N–H and O–H groups in total. The maximum Gasteiger partial charge on any atom is 0.415 e. The van der Waals surface area contributed by atoms with Crippen LogP contribution in [0.4, 0.5) is 13.2 Å². The Bertz CT molecular complexity index is 1420. The molecular formula is C19H11ClF3N3O3. The van der Waals surface area contributed by atoms with Gasteiger partial charge in [-0.05, 0) is 23.8 Å². The van der Waals surface area contributed by atoms with E-state index in [9.17, 15) is 27.6 Å². The first-order chi connectivity index (χ1) is 13.7. The van der Waals surface area contributed by atoms with Crippen molar-refractivity contribution in [1.29, 1.82) is 0 Å². The molecule has 148 valence electrons. The second kappa shape index (κ2) is 6.63. The highest BCUT2D eigenvalue weighted by Crippen LogP contribution is 2.34. The molecule has 0 aliphatic carbocycles. The molecule has 0 radical (unpaired) electrons. The van der Waals surface area contributed by atoms with Crippen LogP contribution < -0.4 is 16.5 Å². The molecule has 0 bridgehead atoms. The van der Waals surface area contributed by atoms with Gasteiger partial charge in [0, 0.05) is 10.4 Å². The van der Waals surface area contributed by atoms with Crippen LogP contribution in [-0.2, 0) is 0 Å². The summed E-state index contributed by atoms with van der Waals surface area (Å²) in [5.41, 5.74) is -3.65. The zero-order valence-corrected chi connectivity index (χ0v) is 15.1. The molecule has 29 heavy (non-hydrogen) atoms.